The van der Waals surface area contributed by atoms with E-state index in [2.05, 4.69) is 48.7 Å². The van der Waals surface area contributed by atoms with E-state index in [4.69, 9.17) is 4.74 Å². The Bertz CT molecular complexity index is 1390. The minimum absolute atomic E-state index is 0.154. The van der Waals surface area contributed by atoms with Crippen LogP contribution in [0.1, 0.15) is 50.4 Å². The average Bonchev–Trinajstić information content (AvgIpc) is 3.68. The first-order valence-electron chi connectivity index (χ1n) is 12.3. The number of amides is 1. The maximum atomic E-state index is 12.4. The van der Waals surface area contributed by atoms with Gasteiger partial charge in [0.1, 0.15) is 11.6 Å². The van der Waals surface area contributed by atoms with Crippen molar-refractivity contribution in [2.75, 3.05) is 13.6 Å². The van der Waals surface area contributed by atoms with E-state index in [1.807, 2.05) is 37.5 Å². The molecule has 2 atom stereocenters. The molecule has 37 heavy (non-hydrogen) atoms. The third-order valence-electron chi connectivity index (χ3n) is 6.52. The van der Waals surface area contributed by atoms with Crippen molar-refractivity contribution in [2.45, 2.75) is 38.8 Å². The summed E-state index contributed by atoms with van der Waals surface area (Å²) >= 11 is 0. The van der Waals surface area contributed by atoms with Crippen molar-refractivity contribution in [3.05, 3.63) is 73.0 Å². The molecular formula is C27H30N8O2. The largest absolute Gasteiger partial charge is 0.416 e. The van der Waals surface area contributed by atoms with Gasteiger partial charge in [0.05, 0.1) is 41.6 Å². The van der Waals surface area contributed by atoms with Crippen molar-refractivity contribution in [3.63, 3.8) is 0 Å². The van der Waals surface area contributed by atoms with Crippen LogP contribution in [0.2, 0.25) is 0 Å². The highest BCUT2D eigenvalue weighted by molar-refractivity contribution is 5.70. The van der Waals surface area contributed by atoms with Crippen LogP contribution in [0.15, 0.2) is 61.4 Å². The molecule has 0 saturated carbocycles. The topological polar surface area (TPSA) is 125 Å². The molecule has 1 aliphatic rings. The molecule has 1 amide bonds. The summed E-state index contributed by atoms with van der Waals surface area (Å²) in [6, 6.07) is 8.05. The van der Waals surface area contributed by atoms with Gasteiger partial charge in [-0.05, 0) is 39.3 Å². The normalized spacial score (nSPS) is 16.1. The number of hydrogen-bond donors (Lipinski definition) is 3. The van der Waals surface area contributed by atoms with Crippen LogP contribution in [0.3, 0.4) is 0 Å². The molecule has 0 bridgehead atoms. The van der Waals surface area contributed by atoms with Gasteiger partial charge in [0, 0.05) is 30.1 Å². The van der Waals surface area contributed by atoms with Gasteiger partial charge in [-0.15, -0.1) is 0 Å². The number of benzene rings is 1. The molecule has 1 fully saturated rings. The number of H-pyrrole nitrogens is 2. The first-order valence-corrected chi connectivity index (χ1v) is 12.3. The van der Waals surface area contributed by atoms with Crippen LogP contribution < -0.4 is 5.32 Å². The van der Waals surface area contributed by atoms with Gasteiger partial charge in [-0.25, -0.2) is 24.7 Å². The maximum absolute atomic E-state index is 12.4. The van der Waals surface area contributed by atoms with Crippen molar-refractivity contribution >= 4 is 6.09 Å². The second-order valence-electron chi connectivity index (χ2n) is 9.17. The lowest BCUT2D eigenvalue weighted by Gasteiger charge is -2.22. The average molecular weight is 499 g/mol. The van der Waals surface area contributed by atoms with Crippen molar-refractivity contribution in [1.29, 1.82) is 0 Å². The number of nitrogens with zero attached hydrogens (tertiary/aromatic N) is 5. The predicted molar refractivity (Wildman–Crippen MR) is 140 cm³/mol. The molecule has 0 spiro atoms. The molecule has 0 unspecified atom stereocenters. The third-order valence-corrected chi connectivity index (χ3v) is 6.52. The summed E-state index contributed by atoms with van der Waals surface area (Å²) in [6.07, 6.45) is 8.45. The molecule has 0 radical (unpaired) electrons. The zero-order valence-corrected chi connectivity index (χ0v) is 21.2. The van der Waals surface area contributed by atoms with Crippen molar-refractivity contribution in [2.24, 2.45) is 0 Å². The summed E-state index contributed by atoms with van der Waals surface area (Å²) in [5, 5.41) is 3.18. The highest BCUT2D eigenvalue weighted by Gasteiger charge is 2.33. The second-order valence-corrected chi connectivity index (χ2v) is 9.17. The van der Waals surface area contributed by atoms with Gasteiger partial charge in [0.25, 0.3) is 0 Å². The van der Waals surface area contributed by atoms with Crippen LogP contribution in [0.5, 0.6) is 0 Å². The zero-order valence-electron chi connectivity index (χ0n) is 21.2. The fourth-order valence-electron chi connectivity index (χ4n) is 4.39. The molecule has 5 rings (SSSR count). The van der Waals surface area contributed by atoms with Gasteiger partial charge in [-0.2, -0.15) is 0 Å². The van der Waals surface area contributed by atoms with Crippen LogP contribution in [0, 0.1) is 0 Å². The summed E-state index contributed by atoms with van der Waals surface area (Å²) in [4.78, 5) is 38.9. The van der Waals surface area contributed by atoms with Gasteiger partial charge in [0.15, 0.2) is 5.82 Å². The second kappa shape index (κ2) is 10.4. The number of ether oxygens (including phenoxy) is 1. The number of imidazole rings is 2. The van der Waals surface area contributed by atoms with E-state index in [1.165, 1.54) is 0 Å². The highest BCUT2D eigenvalue weighted by atomic mass is 16.6. The Morgan fingerprint density at radius 2 is 1.70 bits per heavy atom. The minimum atomic E-state index is -0.396. The number of hydrogen-bond acceptors (Lipinski definition) is 7. The molecule has 10 nitrogen and oxygen atoms in total. The van der Waals surface area contributed by atoms with Gasteiger partial charge >= 0.3 is 6.09 Å². The lowest BCUT2D eigenvalue weighted by molar-refractivity contribution is 0.123. The summed E-state index contributed by atoms with van der Waals surface area (Å²) in [6.45, 7) is 7.99. The van der Waals surface area contributed by atoms with E-state index in [-0.39, 0.29) is 12.1 Å². The predicted octanol–water partition coefficient (Wildman–Crippen LogP) is 5.01. The lowest BCUT2D eigenvalue weighted by Crippen LogP contribution is -2.31. The first kappa shape index (κ1) is 24.4. The number of nitrogens with one attached hydrogen (secondary N) is 3. The van der Waals surface area contributed by atoms with Crippen LogP contribution in [0.4, 0.5) is 4.79 Å². The smallest absolute Gasteiger partial charge is 0.415 e. The fraction of sp³-hybridized carbons (Fsp3) is 0.296. The standard InChI is InChI=1S/C27H30N8O2/c1-16(2)37-27(36)35-11-5-6-23(35)26-32-15-22(34-26)20-12-29-25(30-13-20)19-9-7-18(8-10-19)21-14-31-24(33-21)17(3)28-4/h7-10,12-15,17,23,28H,1,5-6,11H2,2-4H3,(H,31,33)(H,32,34)/t17-,23-/m0/s1. The van der Waals surface area contributed by atoms with E-state index >= 15 is 0 Å². The summed E-state index contributed by atoms with van der Waals surface area (Å²) in [7, 11) is 1.91. The van der Waals surface area contributed by atoms with Crippen molar-refractivity contribution in [1.82, 2.24) is 40.1 Å². The Balaban J connectivity index is 1.28. The molecule has 10 heteroatoms. The molecule has 3 aromatic heterocycles. The summed E-state index contributed by atoms with van der Waals surface area (Å²) in [5.41, 5.74) is 4.53. The highest BCUT2D eigenvalue weighted by Crippen LogP contribution is 2.32. The van der Waals surface area contributed by atoms with Gasteiger partial charge in [-0.1, -0.05) is 30.8 Å². The van der Waals surface area contributed by atoms with E-state index < -0.39 is 6.09 Å². The molecule has 1 aromatic carbocycles. The van der Waals surface area contributed by atoms with Crippen LogP contribution in [0.25, 0.3) is 33.9 Å². The number of carbonyl (C=O) groups is 1. The number of rotatable bonds is 7. The van der Waals surface area contributed by atoms with Gasteiger partial charge < -0.3 is 20.0 Å². The maximum Gasteiger partial charge on any atom is 0.415 e. The lowest BCUT2D eigenvalue weighted by atomic mass is 10.1. The monoisotopic (exact) mass is 498 g/mol. The van der Waals surface area contributed by atoms with E-state index in [9.17, 15) is 4.79 Å². The molecule has 3 N–H and O–H groups in total. The number of aromatic nitrogens is 6. The fourth-order valence-corrected chi connectivity index (χ4v) is 4.39. The Hall–Kier alpha value is -4.31. The van der Waals surface area contributed by atoms with Crippen molar-refractivity contribution < 1.29 is 9.53 Å². The van der Waals surface area contributed by atoms with Crippen LogP contribution in [-0.4, -0.2) is 54.5 Å². The van der Waals surface area contributed by atoms with E-state index in [0.29, 0.717) is 18.1 Å². The number of aromatic amines is 2. The Morgan fingerprint density at radius 3 is 2.41 bits per heavy atom. The number of allylic oxidation sites excluding steroid dienone is 1. The molecule has 1 saturated heterocycles. The Morgan fingerprint density at radius 1 is 1.03 bits per heavy atom. The first-order chi connectivity index (χ1) is 17.9. The summed E-state index contributed by atoms with van der Waals surface area (Å²) < 4.78 is 5.20. The van der Waals surface area contributed by atoms with Crippen LogP contribution in [-0.2, 0) is 4.74 Å². The Labute approximate surface area is 215 Å². The van der Waals surface area contributed by atoms with Crippen LogP contribution >= 0.6 is 0 Å². The molecule has 4 aromatic rings. The van der Waals surface area contributed by atoms with E-state index in [0.717, 1.165) is 52.6 Å². The third kappa shape index (κ3) is 5.14. The molecule has 4 heterocycles. The zero-order chi connectivity index (χ0) is 25.9. The minimum Gasteiger partial charge on any atom is -0.416 e. The molecule has 190 valence electrons. The van der Waals surface area contributed by atoms with Gasteiger partial charge in [0.2, 0.25) is 0 Å². The number of carbonyl (C=O) groups excluding carboxylic acids is 1. The Kier molecular flexibility index (Phi) is 6.82. The van der Waals surface area contributed by atoms with Gasteiger partial charge in [-0.3, -0.25) is 4.90 Å². The molecule has 1 aliphatic heterocycles. The summed E-state index contributed by atoms with van der Waals surface area (Å²) in [5.74, 6) is 2.62. The SMILES string of the molecule is C=C(C)OC(=O)N1CCC[C@H]1c1ncc(-c2cnc(-c3ccc(-c4cnc([C@H](C)NC)[nH]4)cc3)nc2)[nH]1. The molecule has 0 aliphatic carbocycles. The quantitative estimate of drug-likeness (QED) is 0.306. The van der Waals surface area contributed by atoms with Crippen molar-refractivity contribution in [3.8, 4) is 33.9 Å². The molecular weight excluding hydrogens is 468 g/mol. The van der Waals surface area contributed by atoms with E-state index in [1.54, 1.807) is 30.4 Å². The number of likely N-dealkylation sites (tertiary alicyclic amines) is 1.